The van der Waals surface area contributed by atoms with Crippen molar-refractivity contribution >= 4 is 5.91 Å². The van der Waals surface area contributed by atoms with Crippen molar-refractivity contribution in [1.29, 1.82) is 0 Å². The van der Waals surface area contributed by atoms with Gasteiger partial charge in [-0.1, -0.05) is 6.07 Å². The molecule has 1 aliphatic carbocycles. The number of carbonyl (C=O) groups excluding carboxylic acids is 1. The summed E-state index contributed by atoms with van der Waals surface area (Å²) in [6, 6.07) is 5.80. The SMILES string of the molecule is CC(NC(=O)C1CC12CCNCC2)c1ccccn1. The normalized spacial score (nSPS) is 25.8. The zero-order valence-electron chi connectivity index (χ0n) is 11.4. The van der Waals surface area contributed by atoms with E-state index in [2.05, 4.69) is 15.6 Å². The number of carbonyl (C=O) groups is 1. The van der Waals surface area contributed by atoms with Crippen LogP contribution in [0.15, 0.2) is 24.4 Å². The van der Waals surface area contributed by atoms with Gasteiger partial charge in [-0.05, 0) is 56.8 Å². The van der Waals surface area contributed by atoms with Gasteiger partial charge in [0.15, 0.2) is 0 Å². The average Bonchev–Trinajstić information content (AvgIpc) is 3.14. The van der Waals surface area contributed by atoms with Crippen molar-refractivity contribution in [1.82, 2.24) is 15.6 Å². The van der Waals surface area contributed by atoms with Crippen LogP contribution in [0.25, 0.3) is 0 Å². The van der Waals surface area contributed by atoms with E-state index in [-0.39, 0.29) is 17.9 Å². The van der Waals surface area contributed by atoms with Gasteiger partial charge in [0.1, 0.15) is 0 Å². The van der Waals surface area contributed by atoms with Crippen LogP contribution in [-0.2, 0) is 4.79 Å². The molecule has 0 radical (unpaired) electrons. The summed E-state index contributed by atoms with van der Waals surface area (Å²) < 4.78 is 0. The summed E-state index contributed by atoms with van der Waals surface area (Å²) in [5, 5.41) is 6.47. The van der Waals surface area contributed by atoms with E-state index in [1.54, 1.807) is 6.20 Å². The number of rotatable bonds is 3. The van der Waals surface area contributed by atoms with Crippen molar-refractivity contribution in [2.24, 2.45) is 11.3 Å². The molecule has 3 rings (SSSR count). The maximum Gasteiger partial charge on any atom is 0.224 e. The van der Waals surface area contributed by atoms with Gasteiger partial charge in [-0.2, -0.15) is 0 Å². The molecule has 0 aromatic carbocycles. The number of piperidine rings is 1. The Kier molecular flexibility index (Phi) is 3.27. The van der Waals surface area contributed by atoms with Crippen LogP contribution in [0.5, 0.6) is 0 Å². The molecular weight excluding hydrogens is 238 g/mol. The Morgan fingerprint density at radius 1 is 1.47 bits per heavy atom. The second-order valence-electron chi connectivity index (χ2n) is 5.85. The summed E-state index contributed by atoms with van der Waals surface area (Å²) in [6.07, 6.45) is 5.12. The summed E-state index contributed by atoms with van der Waals surface area (Å²) >= 11 is 0. The van der Waals surface area contributed by atoms with Crippen LogP contribution in [0.3, 0.4) is 0 Å². The number of pyridine rings is 1. The molecule has 1 spiro atoms. The standard InChI is InChI=1S/C15H21N3O/c1-11(13-4-2-3-7-17-13)18-14(19)12-10-15(12)5-8-16-9-6-15/h2-4,7,11-12,16H,5-6,8-10H2,1H3,(H,18,19). The third-order valence-corrected chi connectivity index (χ3v) is 4.60. The molecule has 4 heteroatoms. The maximum atomic E-state index is 12.3. The number of nitrogens with zero attached hydrogens (tertiary/aromatic N) is 1. The van der Waals surface area contributed by atoms with Gasteiger partial charge < -0.3 is 10.6 Å². The molecular formula is C15H21N3O. The Morgan fingerprint density at radius 2 is 2.26 bits per heavy atom. The Balaban J connectivity index is 1.58. The lowest BCUT2D eigenvalue weighted by Gasteiger charge is -2.23. The molecule has 1 aromatic heterocycles. The van der Waals surface area contributed by atoms with Crippen molar-refractivity contribution in [3.8, 4) is 0 Å². The third kappa shape index (κ3) is 2.50. The first-order valence-corrected chi connectivity index (χ1v) is 7.13. The number of nitrogens with one attached hydrogen (secondary N) is 2. The lowest BCUT2D eigenvalue weighted by Crippen LogP contribution is -2.34. The zero-order valence-corrected chi connectivity index (χ0v) is 11.4. The summed E-state index contributed by atoms with van der Waals surface area (Å²) in [7, 11) is 0. The smallest absolute Gasteiger partial charge is 0.224 e. The molecule has 2 fully saturated rings. The minimum atomic E-state index is -0.00642. The molecule has 1 aliphatic heterocycles. The van der Waals surface area contributed by atoms with E-state index in [1.807, 2.05) is 25.1 Å². The van der Waals surface area contributed by atoms with Crippen LogP contribution < -0.4 is 10.6 Å². The van der Waals surface area contributed by atoms with Gasteiger partial charge in [-0.25, -0.2) is 0 Å². The number of hydrogen-bond acceptors (Lipinski definition) is 3. The highest BCUT2D eigenvalue weighted by Gasteiger charge is 2.57. The average molecular weight is 259 g/mol. The minimum absolute atomic E-state index is 0.00642. The molecule has 0 bridgehead atoms. The highest BCUT2D eigenvalue weighted by molar-refractivity contribution is 5.83. The van der Waals surface area contributed by atoms with Gasteiger partial charge in [0.05, 0.1) is 11.7 Å². The molecule has 102 valence electrons. The van der Waals surface area contributed by atoms with E-state index in [9.17, 15) is 4.79 Å². The van der Waals surface area contributed by atoms with Crippen molar-refractivity contribution in [3.63, 3.8) is 0 Å². The summed E-state index contributed by atoms with van der Waals surface area (Å²) in [5.41, 5.74) is 1.23. The molecule has 2 heterocycles. The van der Waals surface area contributed by atoms with Crippen LogP contribution in [0.1, 0.15) is 37.9 Å². The molecule has 2 aliphatic rings. The van der Waals surface area contributed by atoms with Gasteiger partial charge in [0, 0.05) is 12.1 Å². The van der Waals surface area contributed by atoms with Crippen LogP contribution in [0.2, 0.25) is 0 Å². The van der Waals surface area contributed by atoms with E-state index in [1.165, 1.54) is 0 Å². The van der Waals surface area contributed by atoms with Crippen LogP contribution >= 0.6 is 0 Å². The van der Waals surface area contributed by atoms with Gasteiger partial charge in [0.25, 0.3) is 0 Å². The zero-order chi connectivity index (χ0) is 13.3. The van der Waals surface area contributed by atoms with E-state index in [0.29, 0.717) is 5.41 Å². The van der Waals surface area contributed by atoms with Gasteiger partial charge in [-0.15, -0.1) is 0 Å². The number of hydrogen-bond donors (Lipinski definition) is 2. The van der Waals surface area contributed by atoms with Crippen molar-refractivity contribution in [3.05, 3.63) is 30.1 Å². The molecule has 1 amide bonds. The lowest BCUT2D eigenvalue weighted by atomic mass is 9.91. The second kappa shape index (κ2) is 4.93. The topological polar surface area (TPSA) is 54.0 Å². The fourth-order valence-electron chi connectivity index (χ4n) is 3.22. The Hall–Kier alpha value is -1.42. The molecule has 4 nitrogen and oxygen atoms in total. The first kappa shape index (κ1) is 12.6. The molecule has 1 saturated heterocycles. The van der Waals surface area contributed by atoms with Gasteiger partial charge in [0.2, 0.25) is 5.91 Å². The van der Waals surface area contributed by atoms with Crippen LogP contribution in [0, 0.1) is 11.3 Å². The van der Waals surface area contributed by atoms with Crippen LogP contribution in [0.4, 0.5) is 0 Å². The Bertz CT molecular complexity index is 454. The van der Waals surface area contributed by atoms with Crippen LogP contribution in [-0.4, -0.2) is 24.0 Å². The fraction of sp³-hybridized carbons (Fsp3) is 0.600. The first-order valence-electron chi connectivity index (χ1n) is 7.13. The molecule has 1 aromatic rings. The third-order valence-electron chi connectivity index (χ3n) is 4.60. The predicted octanol–water partition coefficient (Wildman–Crippen LogP) is 1.65. The van der Waals surface area contributed by atoms with E-state index in [4.69, 9.17) is 0 Å². The largest absolute Gasteiger partial charge is 0.348 e. The van der Waals surface area contributed by atoms with Crippen molar-refractivity contribution in [2.75, 3.05) is 13.1 Å². The van der Waals surface area contributed by atoms with E-state index < -0.39 is 0 Å². The monoisotopic (exact) mass is 259 g/mol. The highest BCUT2D eigenvalue weighted by atomic mass is 16.2. The quantitative estimate of drug-likeness (QED) is 0.868. The molecule has 19 heavy (non-hydrogen) atoms. The lowest BCUT2D eigenvalue weighted by molar-refractivity contribution is -0.124. The van der Waals surface area contributed by atoms with Crippen molar-refractivity contribution in [2.45, 2.75) is 32.2 Å². The Labute approximate surface area is 114 Å². The molecule has 1 saturated carbocycles. The predicted molar refractivity (Wildman–Crippen MR) is 73.4 cm³/mol. The number of amides is 1. The maximum absolute atomic E-state index is 12.3. The number of aromatic nitrogens is 1. The summed E-state index contributed by atoms with van der Waals surface area (Å²) in [4.78, 5) is 16.6. The van der Waals surface area contributed by atoms with Gasteiger partial charge >= 0.3 is 0 Å². The van der Waals surface area contributed by atoms with E-state index >= 15 is 0 Å². The van der Waals surface area contributed by atoms with Gasteiger partial charge in [-0.3, -0.25) is 9.78 Å². The fourth-order valence-corrected chi connectivity index (χ4v) is 3.22. The highest BCUT2D eigenvalue weighted by Crippen LogP contribution is 2.58. The summed E-state index contributed by atoms with van der Waals surface area (Å²) in [5.74, 6) is 0.431. The molecule has 2 N–H and O–H groups in total. The Morgan fingerprint density at radius 3 is 2.95 bits per heavy atom. The summed E-state index contributed by atoms with van der Waals surface area (Å²) in [6.45, 7) is 4.11. The molecule has 2 unspecified atom stereocenters. The first-order chi connectivity index (χ1) is 9.21. The van der Waals surface area contributed by atoms with E-state index in [0.717, 1.165) is 38.0 Å². The minimum Gasteiger partial charge on any atom is -0.348 e. The second-order valence-corrected chi connectivity index (χ2v) is 5.85. The molecule has 2 atom stereocenters. The van der Waals surface area contributed by atoms with Crippen molar-refractivity contribution < 1.29 is 4.79 Å².